The van der Waals surface area contributed by atoms with Gasteiger partial charge < -0.3 is 4.74 Å². The van der Waals surface area contributed by atoms with E-state index in [-0.39, 0.29) is 18.6 Å². The van der Waals surface area contributed by atoms with E-state index in [1.54, 1.807) is 24.3 Å². The van der Waals surface area contributed by atoms with E-state index in [2.05, 4.69) is 4.18 Å². The second kappa shape index (κ2) is 8.28. The van der Waals surface area contributed by atoms with Gasteiger partial charge in [0.2, 0.25) is 0 Å². The van der Waals surface area contributed by atoms with Gasteiger partial charge in [-0.3, -0.25) is 4.18 Å². The van der Waals surface area contributed by atoms with E-state index in [0.717, 1.165) is 18.4 Å². The third kappa shape index (κ3) is 6.51. The zero-order chi connectivity index (χ0) is 19.4. The lowest BCUT2D eigenvalue weighted by Gasteiger charge is -2.20. The molecule has 0 radical (unpaired) electrons. The van der Waals surface area contributed by atoms with Gasteiger partial charge in [-0.15, -0.1) is 0 Å². The molecule has 1 unspecified atom stereocenters. The van der Waals surface area contributed by atoms with E-state index in [1.165, 1.54) is 12.1 Å². The van der Waals surface area contributed by atoms with Gasteiger partial charge in [0, 0.05) is 11.4 Å². The molecule has 0 saturated heterocycles. The Bertz CT molecular complexity index is 836. The Morgan fingerprint density at radius 2 is 1.77 bits per heavy atom. The fourth-order valence-corrected chi connectivity index (χ4v) is 2.72. The van der Waals surface area contributed by atoms with Crippen molar-refractivity contribution in [1.82, 2.24) is 0 Å². The predicted molar refractivity (Wildman–Crippen MR) is 91.7 cm³/mol. The largest absolute Gasteiger partial charge is 0.486 e. The monoisotopic (exact) mass is 408 g/mol. The molecule has 0 bridgehead atoms. The summed E-state index contributed by atoms with van der Waals surface area (Å²) in [5, 5.41) is 0.480. The summed E-state index contributed by atoms with van der Waals surface area (Å²) in [6.07, 6.45) is -4.40. The normalized spacial score (nSPS) is 13.4. The summed E-state index contributed by atoms with van der Waals surface area (Å²) in [6.45, 7) is -0.229. The average molecular weight is 409 g/mol. The van der Waals surface area contributed by atoms with Gasteiger partial charge in [-0.25, -0.2) is 0 Å². The Morgan fingerprint density at radius 3 is 2.35 bits per heavy atom. The first-order chi connectivity index (χ1) is 12.0. The molecule has 4 nitrogen and oxygen atoms in total. The van der Waals surface area contributed by atoms with Crippen molar-refractivity contribution in [3.05, 3.63) is 64.7 Å². The molecule has 0 aromatic heterocycles. The molecule has 2 aromatic rings. The number of alkyl halides is 3. The van der Waals surface area contributed by atoms with Crippen LogP contribution in [0.3, 0.4) is 0 Å². The first kappa shape index (κ1) is 20.5. The van der Waals surface area contributed by atoms with Gasteiger partial charge in [0.15, 0.2) is 0 Å². The molecular formula is C17H16ClF3O4S. The predicted octanol–water partition coefficient (Wildman–Crippen LogP) is 4.85. The van der Waals surface area contributed by atoms with Crippen molar-refractivity contribution in [3.8, 4) is 5.75 Å². The third-order valence-corrected chi connectivity index (χ3v) is 4.20. The van der Waals surface area contributed by atoms with Gasteiger partial charge in [0.1, 0.15) is 11.9 Å². The number of hydrogen-bond acceptors (Lipinski definition) is 4. The average Bonchev–Trinajstić information content (AvgIpc) is 2.54. The van der Waals surface area contributed by atoms with Crippen LogP contribution in [0.1, 0.15) is 23.7 Å². The maximum Gasteiger partial charge on any atom is 0.416 e. The summed E-state index contributed by atoms with van der Waals surface area (Å²) in [4.78, 5) is 0. The molecule has 0 spiro atoms. The zero-order valence-corrected chi connectivity index (χ0v) is 15.2. The summed E-state index contributed by atoms with van der Waals surface area (Å²) in [5.74, 6) is 0.385. The minimum absolute atomic E-state index is 0.0387. The van der Waals surface area contributed by atoms with Gasteiger partial charge in [0.05, 0.1) is 18.4 Å². The maximum atomic E-state index is 13.0. The van der Waals surface area contributed by atoms with Gasteiger partial charge in [-0.1, -0.05) is 23.7 Å². The van der Waals surface area contributed by atoms with Crippen molar-refractivity contribution < 1.29 is 30.5 Å². The molecule has 9 heteroatoms. The second-order valence-corrected chi connectivity index (χ2v) is 7.58. The van der Waals surface area contributed by atoms with Gasteiger partial charge in [0.25, 0.3) is 10.1 Å². The first-order valence-corrected chi connectivity index (χ1v) is 9.68. The fraction of sp³-hybridized carbons (Fsp3) is 0.294. The Morgan fingerprint density at radius 1 is 1.12 bits per heavy atom. The minimum Gasteiger partial charge on any atom is -0.486 e. The topological polar surface area (TPSA) is 52.6 Å². The highest BCUT2D eigenvalue weighted by Gasteiger charge is 2.31. The first-order valence-electron chi connectivity index (χ1n) is 7.48. The van der Waals surface area contributed by atoms with Crippen LogP contribution in [0, 0.1) is 0 Å². The van der Waals surface area contributed by atoms with Crippen molar-refractivity contribution >= 4 is 21.7 Å². The molecule has 1 atom stereocenters. The van der Waals surface area contributed by atoms with Gasteiger partial charge in [-0.05, 0) is 42.0 Å². The Labute approximate surface area is 154 Å². The summed E-state index contributed by atoms with van der Waals surface area (Å²) in [5.41, 5.74) is -0.560. The Hall–Kier alpha value is -1.77. The van der Waals surface area contributed by atoms with E-state index < -0.39 is 28.0 Å². The molecule has 2 aromatic carbocycles. The summed E-state index contributed by atoms with van der Waals surface area (Å²) >= 11 is 5.80. The van der Waals surface area contributed by atoms with Crippen LogP contribution in [0.15, 0.2) is 48.5 Å². The molecule has 0 aliphatic heterocycles. The molecule has 0 amide bonds. The van der Waals surface area contributed by atoms with Crippen molar-refractivity contribution in [2.45, 2.75) is 18.7 Å². The number of ether oxygens (including phenoxy) is 1. The molecule has 0 aliphatic carbocycles. The standard InChI is InChI=1S/C17H16ClF3O4S/c1-26(22,23)24-10-9-16(25-15-7-5-14(18)6-8-15)12-3-2-4-13(11-12)17(19,20)21/h2-8,11,16H,9-10H2,1H3. The maximum absolute atomic E-state index is 13.0. The zero-order valence-electron chi connectivity index (χ0n) is 13.7. The van der Waals surface area contributed by atoms with E-state index in [4.69, 9.17) is 16.3 Å². The van der Waals surface area contributed by atoms with Crippen LogP contribution in [0.5, 0.6) is 5.75 Å². The lowest BCUT2D eigenvalue weighted by atomic mass is 10.0. The molecule has 26 heavy (non-hydrogen) atoms. The molecule has 0 N–H and O–H groups in total. The lowest BCUT2D eigenvalue weighted by molar-refractivity contribution is -0.137. The molecule has 2 rings (SSSR count). The minimum atomic E-state index is -4.50. The molecule has 0 aliphatic rings. The van der Waals surface area contributed by atoms with Gasteiger partial charge >= 0.3 is 6.18 Å². The number of rotatable bonds is 7. The van der Waals surface area contributed by atoms with Crippen molar-refractivity contribution in [3.63, 3.8) is 0 Å². The highest BCUT2D eigenvalue weighted by atomic mass is 35.5. The summed E-state index contributed by atoms with van der Waals surface area (Å²) in [7, 11) is -3.66. The van der Waals surface area contributed by atoms with Crippen molar-refractivity contribution in [2.24, 2.45) is 0 Å². The smallest absolute Gasteiger partial charge is 0.416 e. The van der Waals surface area contributed by atoms with Crippen LogP contribution in [0.4, 0.5) is 13.2 Å². The van der Waals surface area contributed by atoms with Crippen molar-refractivity contribution in [1.29, 1.82) is 0 Å². The Balaban J connectivity index is 2.25. The molecule has 0 saturated carbocycles. The second-order valence-electron chi connectivity index (χ2n) is 5.50. The van der Waals surface area contributed by atoms with E-state index in [9.17, 15) is 21.6 Å². The summed E-state index contributed by atoms with van der Waals surface area (Å²) in [6, 6.07) is 11.0. The number of hydrogen-bond donors (Lipinski definition) is 0. The SMILES string of the molecule is CS(=O)(=O)OCCC(Oc1ccc(Cl)cc1)c1cccc(C(F)(F)F)c1. The highest BCUT2D eigenvalue weighted by Crippen LogP contribution is 2.33. The fourth-order valence-electron chi connectivity index (χ4n) is 2.19. The third-order valence-electron chi connectivity index (χ3n) is 3.36. The molecule has 0 fully saturated rings. The highest BCUT2D eigenvalue weighted by molar-refractivity contribution is 7.85. The van der Waals surface area contributed by atoms with Crippen LogP contribution in [0.2, 0.25) is 5.02 Å². The van der Waals surface area contributed by atoms with Crippen LogP contribution in [-0.4, -0.2) is 21.3 Å². The van der Waals surface area contributed by atoms with E-state index in [0.29, 0.717) is 10.8 Å². The van der Waals surface area contributed by atoms with Gasteiger partial charge in [-0.2, -0.15) is 21.6 Å². The lowest BCUT2D eigenvalue weighted by Crippen LogP contribution is -2.14. The summed E-state index contributed by atoms with van der Waals surface area (Å²) < 4.78 is 71.5. The number of halogens is 4. The van der Waals surface area contributed by atoms with E-state index >= 15 is 0 Å². The quantitative estimate of drug-likeness (QED) is 0.615. The molecule has 0 heterocycles. The van der Waals surface area contributed by atoms with Crippen LogP contribution in [-0.2, 0) is 20.5 Å². The van der Waals surface area contributed by atoms with Crippen LogP contribution in [0.25, 0.3) is 0 Å². The van der Waals surface area contributed by atoms with E-state index in [1.807, 2.05) is 0 Å². The van der Waals surface area contributed by atoms with Crippen molar-refractivity contribution in [2.75, 3.05) is 12.9 Å². The van der Waals surface area contributed by atoms with Crippen LogP contribution < -0.4 is 4.74 Å². The molecule has 142 valence electrons. The Kier molecular flexibility index (Phi) is 6.54. The molecular weight excluding hydrogens is 393 g/mol. The number of benzene rings is 2. The van der Waals surface area contributed by atoms with Crippen LogP contribution >= 0.6 is 11.6 Å².